The number of ether oxygens (including phenoxy) is 1. The predicted octanol–water partition coefficient (Wildman–Crippen LogP) is 8.03. The zero-order valence-electron chi connectivity index (χ0n) is 20.3. The molecular formula is C28H40O3. The SMILES string of the molecule is CCCCCOc1c(C2=C(C=CC(C)=CC(=O)O)CCC2)cc(C(C)C)cc1C(C)C. The average Bonchev–Trinajstić information content (AvgIpc) is 3.17. The first-order valence-corrected chi connectivity index (χ1v) is 11.9. The molecule has 0 saturated carbocycles. The molecule has 0 saturated heterocycles. The number of carboxylic acids is 1. The van der Waals surface area contributed by atoms with Crippen LogP contribution in [0.1, 0.15) is 109 Å². The standard InChI is InChI=1S/C28H40O3/c1-7-8-9-15-31-28-25(20(4)5)17-23(19(2)3)18-26(28)24-12-10-11-22(24)14-13-21(6)16-27(29)30/h13-14,16-20H,7-12,15H2,1-6H3,(H,29,30). The van der Waals surface area contributed by atoms with Crippen molar-refractivity contribution in [2.24, 2.45) is 0 Å². The van der Waals surface area contributed by atoms with Crippen molar-refractivity contribution >= 4 is 11.5 Å². The van der Waals surface area contributed by atoms with Crippen LogP contribution < -0.4 is 4.74 Å². The second kappa shape index (κ2) is 11.9. The van der Waals surface area contributed by atoms with Crippen LogP contribution in [0.15, 0.2) is 41.5 Å². The van der Waals surface area contributed by atoms with Gasteiger partial charge in [0.15, 0.2) is 0 Å². The van der Waals surface area contributed by atoms with Gasteiger partial charge in [0.25, 0.3) is 0 Å². The molecule has 170 valence electrons. The zero-order chi connectivity index (χ0) is 23.0. The van der Waals surface area contributed by atoms with Gasteiger partial charge in [-0.15, -0.1) is 0 Å². The van der Waals surface area contributed by atoms with Crippen LogP contribution in [0.5, 0.6) is 5.75 Å². The molecule has 1 aliphatic rings. The van der Waals surface area contributed by atoms with E-state index in [1.807, 2.05) is 13.0 Å². The Morgan fingerprint density at radius 1 is 1.13 bits per heavy atom. The maximum absolute atomic E-state index is 10.9. The Hall–Kier alpha value is -2.29. The summed E-state index contributed by atoms with van der Waals surface area (Å²) in [6, 6.07) is 4.67. The molecule has 0 heterocycles. The fourth-order valence-corrected chi connectivity index (χ4v) is 4.08. The molecule has 0 atom stereocenters. The van der Waals surface area contributed by atoms with E-state index in [0.717, 1.165) is 43.6 Å². The minimum Gasteiger partial charge on any atom is -0.493 e. The van der Waals surface area contributed by atoms with E-state index in [9.17, 15) is 4.79 Å². The Labute approximate surface area is 188 Å². The lowest BCUT2D eigenvalue weighted by atomic mass is 9.88. The molecule has 2 rings (SSSR count). The highest BCUT2D eigenvalue weighted by Gasteiger charge is 2.23. The van der Waals surface area contributed by atoms with Gasteiger partial charge in [-0.25, -0.2) is 4.79 Å². The van der Waals surface area contributed by atoms with Crippen molar-refractivity contribution < 1.29 is 14.6 Å². The van der Waals surface area contributed by atoms with Gasteiger partial charge in [0.2, 0.25) is 0 Å². The van der Waals surface area contributed by atoms with Crippen LogP contribution in [-0.2, 0) is 4.79 Å². The lowest BCUT2D eigenvalue weighted by molar-refractivity contribution is -0.131. The molecule has 0 spiro atoms. The molecule has 1 aliphatic carbocycles. The van der Waals surface area contributed by atoms with Crippen molar-refractivity contribution in [3.05, 3.63) is 58.2 Å². The fraction of sp³-hybridized carbons (Fsp3) is 0.536. The summed E-state index contributed by atoms with van der Waals surface area (Å²) >= 11 is 0. The van der Waals surface area contributed by atoms with Crippen LogP contribution in [0.4, 0.5) is 0 Å². The van der Waals surface area contributed by atoms with Crippen molar-refractivity contribution in [1.29, 1.82) is 0 Å². The minimum atomic E-state index is -0.906. The number of carboxylic acid groups (broad SMARTS) is 1. The first-order chi connectivity index (χ1) is 14.7. The molecule has 1 aromatic rings. The fourth-order valence-electron chi connectivity index (χ4n) is 4.08. The Morgan fingerprint density at radius 2 is 1.87 bits per heavy atom. The molecule has 0 aliphatic heterocycles. The van der Waals surface area contributed by atoms with Crippen LogP contribution in [-0.4, -0.2) is 17.7 Å². The van der Waals surface area contributed by atoms with Crippen LogP contribution in [0.2, 0.25) is 0 Å². The lowest BCUT2D eigenvalue weighted by Gasteiger charge is -2.22. The third-order valence-electron chi connectivity index (χ3n) is 5.91. The molecule has 3 heteroatoms. The number of unbranched alkanes of at least 4 members (excludes halogenated alkanes) is 2. The summed E-state index contributed by atoms with van der Waals surface area (Å²) in [7, 11) is 0. The second-order valence-corrected chi connectivity index (χ2v) is 9.27. The third kappa shape index (κ3) is 7.12. The van der Waals surface area contributed by atoms with Crippen molar-refractivity contribution in [2.45, 2.75) is 91.9 Å². The first kappa shape index (κ1) is 25.0. The highest BCUT2D eigenvalue weighted by Crippen LogP contribution is 2.43. The van der Waals surface area contributed by atoms with E-state index in [4.69, 9.17) is 9.84 Å². The highest BCUT2D eigenvalue weighted by atomic mass is 16.5. The van der Waals surface area contributed by atoms with E-state index in [-0.39, 0.29) is 0 Å². The van der Waals surface area contributed by atoms with Crippen LogP contribution in [0.3, 0.4) is 0 Å². The number of rotatable bonds is 11. The number of carbonyl (C=O) groups is 1. The molecule has 0 bridgehead atoms. The molecule has 1 N–H and O–H groups in total. The topological polar surface area (TPSA) is 46.5 Å². The molecular weight excluding hydrogens is 384 g/mol. The van der Waals surface area contributed by atoms with Gasteiger partial charge in [-0.1, -0.05) is 65.7 Å². The van der Waals surface area contributed by atoms with E-state index < -0.39 is 5.97 Å². The quantitative estimate of drug-likeness (QED) is 0.222. The third-order valence-corrected chi connectivity index (χ3v) is 5.91. The van der Waals surface area contributed by atoms with Crippen molar-refractivity contribution in [3.8, 4) is 5.75 Å². The minimum absolute atomic E-state index is 0.389. The summed E-state index contributed by atoms with van der Waals surface area (Å²) in [6.45, 7) is 13.8. The summed E-state index contributed by atoms with van der Waals surface area (Å²) in [5, 5.41) is 8.99. The van der Waals surface area contributed by atoms with Crippen LogP contribution in [0.25, 0.3) is 5.57 Å². The van der Waals surface area contributed by atoms with Gasteiger partial charge in [-0.3, -0.25) is 0 Å². The number of hydrogen-bond donors (Lipinski definition) is 1. The van der Waals surface area contributed by atoms with Gasteiger partial charge in [-0.2, -0.15) is 0 Å². The second-order valence-electron chi connectivity index (χ2n) is 9.27. The van der Waals surface area contributed by atoms with Gasteiger partial charge >= 0.3 is 5.97 Å². The average molecular weight is 425 g/mol. The molecule has 0 fully saturated rings. The van der Waals surface area contributed by atoms with E-state index >= 15 is 0 Å². The Morgan fingerprint density at radius 3 is 2.48 bits per heavy atom. The van der Waals surface area contributed by atoms with Gasteiger partial charge in [-0.05, 0) is 78.4 Å². The van der Waals surface area contributed by atoms with Gasteiger partial charge in [0, 0.05) is 11.6 Å². The van der Waals surface area contributed by atoms with E-state index in [2.05, 4.69) is 52.8 Å². The number of benzene rings is 1. The monoisotopic (exact) mass is 424 g/mol. The maximum Gasteiger partial charge on any atom is 0.328 e. The van der Waals surface area contributed by atoms with E-state index in [0.29, 0.717) is 11.8 Å². The lowest BCUT2D eigenvalue weighted by Crippen LogP contribution is -2.06. The summed E-state index contributed by atoms with van der Waals surface area (Å²) in [6.07, 6.45) is 11.9. The van der Waals surface area contributed by atoms with Gasteiger partial charge < -0.3 is 9.84 Å². The van der Waals surface area contributed by atoms with Crippen molar-refractivity contribution in [3.63, 3.8) is 0 Å². The Kier molecular flexibility index (Phi) is 9.61. The van der Waals surface area contributed by atoms with Crippen LogP contribution in [0, 0.1) is 0 Å². The molecule has 3 nitrogen and oxygen atoms in total. The molecule has 0 amide bonds. The highest BCUT2D eigenvalue weighted by molar-refractivity contribution is 5.81. The van der Waals surface area contributed by atoms with Crippen LogP contribution >= 0.6 is 0 Å². The summed E-state index contributed by atoms with van der Waals surface area (Å²) in [5.41, 5.74) is 7.29. The molecule has 1 aromatic carbocycles. The zero-order valence-corrected chi connectivity index (χ0v) is 20.3. The molecule has 31 heavy (non-hydrogen) atoms. The largest absolute Gasteiger partial charge is 0.493 e. The molecule has 0 radical (unpaired) electrons. The maximum atomic E-state index is 10.9. The van der Waals surface area contributed by atoms with Gasteiger partial charge in [0.05, 0.1) is 6.61 Å². The summed E-state index contributed by atoms with van der Waals surface area (Å²) < 4.78 is 6.46. The number of hydrogen-bond acceptors (Lipinski definition) is 2. The van der Waals surface area contributed by atoms with E-state index in [1.54, 1.807) is 0 Å². The molecule has 0 aromatic heterocycles. The number of aliphatic carboxylic acids is 1. The normalized spacial score (nSPS) is 15.0. The summed E-state index contributed by atoms with van der Waals surface area (Å²) in [4.78, 5) is 10.9. The predicted molar refractivity (Wildman–Crippen MR) is 131 cm³/mol. The van der Waals surface area contributed by atoms with Crippen molar-refractivity contribution in [1.82, 2.24) is 0 Å². The van der Waals surface area contributed by atoms with E-state index in [1.165, 1.54) is 46.8 Å². The smallest absolute Gasteiger partial charge is 0.328 e. The number of allylic oxidation sites excluding steroid dienone is 5. The molecule has 0 unspecified atom stereocenters. The Bertz CT molecular complexity index is 853. The van der Waals surface area contributed by atoms with Crippen molar-refractivity contribution in [2.75, 3.05) is 6.61 Å². The summed E-state index contributed by atoms with van der Waals surface area (Å²) in [5.74, 6) is 0.986. The Balaban J connectivity index is 2.56. The van der Waals surface area contributed by atoms with Gasteiger partial charge in [0.1, 0.15) is 5.75 Å². The first-order valence-electron chi connectivity index (χ1n) is 11.9.